The summed E-state index contributed by atoms with van der Waals surface area (Å²) in [4.78, 5) is 14.3. The van der Waals surface area contributed by atoms with E-state index in [0.29, 0.717) is 6.04 Å². The van der Waals surface area contributed by atoms with Crippen molar-refractivity contribution >= 4 is 11.3 Å². The third-order valence-electron chi connectivity index (χ3n) is 4.22. The molecule has 0 aliphatic carbocycles. The first-order valence-electron chi connectivity index (χ1n) is 7.97. The molecular formula is C17H19N5S. The minimum Gasteiger partial charge on any atom is -0.331 e. The zero-order valence-electron chi connectivity index (χ0n) is 12.9. The van der Waals surface area contributed by atoms with Crippen molar-refractivity contribution in [2.45, 2.75) is 31.8 Å². The maximum atomic E-state index is 4.50. The number of thiazole rings is 1. The zero-order chi connectivity index (χ0) is 15.5. The summed E-state index contributed by atoms with van der Waals surface area (Å²) in [5.41, 5.74) is 1.08. The number of fused-ring (bicyclic) bond motifs is 1. The molecule has 0 saturated carbocycles. The van der Waals surface area contributed by atoms with E-state index >= 15 is 0 Å². The van der Waals surface area contributed by atoms with Crippen molar-refractivity contribution in [2.24, 2.45) is 0 Å². The molecule has 3 aromatic heterocycles. The second-order valence-electron chi connectivity index (χ2n) is 5.80. The van der Waals surface area contributed by atoms with Gasteiger partial charge in [-0.2, -0.15) is 0 Å². The van der Waals surface area contributed by atoms with Crippen LogP contribution in [0.5, 0.6) is 0 Å². The fourth-order valence-electron chi connectivity index (χ4n) is 3.08. The number of rotatable bonds is 5. The Labute approximate surface area is 139 Å². The van der Waals surface area contributed by atoms with Crippen molar-refractivity contribution in [3.63, 3.8) is 0 Å². The summed E-state index contributed by atoms with van der Waals surface area (Å²) >= 11 is 1.73. The van der Waals surface area contributed by atoms with Crippen molar-refractivity contribution < 1.29 is 0 Å². The quantitative estimate of drug-likeness (QED) is 0.783. The lowest BCUT2D eigenvalue weighted by Gasteiger charge is -2.25. The van der Waals surface area contributed by atoms with Gasteiger partial charge in [0.25, 0.3) is 0 Å². The minimum atomic E-state index is 0.520. The molecule has 1 N–H and O–H groups in total. The fourth-order valence-corrected chi connectivity index (χ4v) is 3.95. The molecule has 0 fully saturated rings. The highest BCUT2D eigenvalue weighted by molar-refractivity contribution is 7.15. The molecule has 4 heterocycles. The molecule has 3 aromatic rings. The Morgan fingerprint density at radius 3 is 3.17 bits per heavy atom. The number of nitrogens with zero attached hydrogens (tertiary/aromatic N) is 4. The number of nitrogens with one attached hydrogen (secondary N) is 1. The number of aryl methyl sites for hydroxylation is 1. The molecule has 1 unspecified atom stereocenters. The average molecular weight is 325 g/mol. The number of hydrogen-bond acceptors (Lipinski definition) is 5. The molecule has 4 rings (SSSR count). The van der Waals surface area contributed by atoms with Gasteiger partial charge in [-0.15, -0.1) is 11.3 Å². The highest BCUT2D eigenvalue weighted by atomic mass is 32.1. The first kappa shape index (κ1) is 14.5. The lowest BCUT2D eigenvalue weighted by molar-refractivity contribution is 0.376. The summed E-state index contributed by atoms with van der Waals surface area (Å²) in [7, 11) is 0. The summed E-state index contributed by atoms with van der Waals surface area (Å²) < 4.78 is 2.32. The van der Waals surface area contributed by atoms with Crippen molar-refractivity contribution in [3.05, 3.63) is 53.8 Å². The fraction of sp³-hybridized carbons (Fsp3) is 0.353. The van der Waals surface area contributed by atoms with Gasteiger partial charge < -0.3 is 9.88 Å². The summed E-state index contributed by atoms with van der Waals surface area (Å²) in [5, 5.41) is 4.60. The normalized spacial score (nSPS) is 17.1. The number of hydrogen-bond donors (Lipinski definition) is 1. The van der Waals surface area contributed by atoms with E-state index < -0.39 is 0 Å². The molecule has 0 bridgehead atoms. The lowest BCUT2D eigenvalue weighted by Crippen LogP contribution is -2.28. The predicted molar refractivity (Wildman–Crippen MR) is 91.3 cm³/mol. The van der Waals surface area contributed by atoms with Crippen LogP contribution in [0.25, 0.3) is 10.6 Å². The van der Waals surface area contributed by atoms with E-state index in [1.54, 1.807) is 17.5 Å². The molecular weight excluding hydrogens is 306 g/mol. The van der Waals surface area contributed by atoms with Crippen LogP contribution in [0.15, 0.2) is 43.1 Å². The molecule has 0 saturated heterocycles. The van der Waals surface area contributed by atoms with E-state index in [9.17, 15) is 0 Å². The van der Waals surface area contributed by atoms with Crippen molar-refractivity contribution in [2.75, 3.05) is 6.54 Å². The second kappa shape index (κ2) is 6.60. The highest BCUT2D eigenvalue weighted by Crippen LogP contribution is 2.25. The van der Waals surface area contributed by atoms with Crippen molar-refractivity contribution in [1.82, 2.24) is 24.8 Å². The van der Waals surface area contributed by atoms with Gasteiger partial charge in [-0.1, -0.05) is 0 Å². The SMILES string of the molecule is c1cncc(-c2ncc(CNCC3CCCc4nccn43)s2)c1. The molecule has 0 radical (unpaired) electrons. The Kier molecular flexibility index (Phi) is 4.17. The lowest BCUT2D eigenvalue weighted by atomic mass is 10.0. The van der Waals surface area contributed by atoms with E-state index in [-0.39, 0.29) is 0 Å². The van der Waals surface area contributed by atoms with Crippen LogP contribution in [-0.2, 0) is 13.0 Å². The smallest absolute Gasteiger partial charge is 0.125 e. The van der Waals surface area contributed by atoms with Crippen LogP contribution in [0.1, 0.15) is 29.6 Å². The van der Waals surface area contributed by atoms with Crippen LogP contribution >= 0.6 is 11.3 Å². The monoisotopic (exact) mass is 325 g/mol. The second-order valence-corrected chi connectivity index (χ2v) is 6.92. The molecule has 0 aromatic carbocycles. The first-order chi connectivity index (χ1) is 11.4. The third kappa shape index (κ3) is 3.18. The predicted octanol–water partition coefficient (Wildman–Crippen LogP) is 3.07. The highest BCUT2D eigenvalue weighted by Gasteiger charge is 2.19. The van der Waals surface area contributed by atoms with Crippen LogP contribution < -0.4 is 5.32 Å². The van der Waals surface area contributed by atoms with Gasteiger partial charge in [-0.05, 0) is 25.0 Å². The largest absolute Gasteiger partial charge is 0.331 e. The van der Waals surface area contributed by atoms with E-state index in [1.165, 1.54) is 23.5 Å². The summed E-state index contributed by atoms with van der Waals surface area (Å²) in [5.74, 6) is 1.22. The van der Waals surface area contributed by atoms with Gasteiger partial charge in [0.2, 0.25) is 0 Å². The van der Waals surface area contributed by atoms with E-state index in [1.807, 2.05) is 30.7 Å². The van der Waals surface area contributed by atoms with Crippen LogP contribution in [0.2, 0.25) is 0 Å². The van der Waals surface area contributed by atoms with Crippen LogP contribution in [0.4, 0.5) is 0 Å². The minimum absolute atomic E-state index is 0.520. The Balaban J connectivity index is 1.35. The number of aromatic nitrogens is 4. The molecule has 6 heteroatoms. The summed E-state index contributed by atoms with van der Waals surface area (Å²) in [6, 6.07) is 4.51. The van der Waals surface area contributed by atoms with Crippen molar-refractivity contribution in [1.29, 1.82) is 0 Å². The first-order valence-corrected chi connectivity index (χ1v) is 8.79. The van der Waals surface area contributed by atoms with Gasteiger partial charge in [0.1, 0.15) is 10.8 Å². The molecule has 1 aliphatic rings. The number of imidazole rings is 1. The Bertz CT molecular complexity index is 764. The Morgan fingerprint density at radius 1 is 1.26 bits per heavy atom. The van der Waals surface area contributed by atoms with Crippen LogP contribution in [-0.4, -0.2) is 26.1 Å². The third-order valence-corrected chi connectivity index (χ3v) is 5.27. The molecule has 5 nitrogen and oxygen atoms in total. The van der Waals surface area contributed by atoms with E-state index in [0.717, 1.165) is 30.1 Å². The maximum Gasteiger partial charge on any atom is 0.125 e. The zero-order valence-corrected chi connectivity index (χ0v) is 13.7. The maximum absolute atomic E-state index is 4.50. The van der Waals surface area contributed by atoms with Gasteiger partial charge >= 0.3 is 0 Å². The van der Waals surface area contributed by atoms with Gasteiger partial charge in [-0.25, -0.2) is 9.97 Å². The van der Waals surface area contributed by atoms with E-state index in [2.05, 4.69) is 31.0 Å². The summed E-state index contributed by atoms with van der Waals surface area (Å²) in [6.07, 6.45) is 13.2. The number of pyridine rings is 1. The van der Waals surface area contributed by atoms with E-state index in [4.69, 9.17) is 0 Å². The topological polar surface area (TPSA) is 55.6 Å². The Hall–Kier alpha value is -2.05. The standard InChI is InChI=1S/C17H19N5S/c1-4-14(22-8-7-20-16(22)5-1)10-19-11-15-12-21-17(23-15)13-3-2-6-18-9-13/h2-3,6-9,12,14,19H,1,4-5,10-11H2. The molecule has 0 spiro atoms. The molecule has 23 heavy (non-hydrogen) atoms. The van der Waals surface area contributed by atoms with Gasteiger partial charge in [0, 0.05) is 67.0 Å². The Morgan fingerprint density at radius 2 is 2.26 bits per heavy atom. The van der Waals surface area contributed by atoms with Crippen LogP contribution in [0, 0.1) is 0 Å². The molecule has 1 atom stereocenters. The van der Waals surface area contributed by atoms with Crippen molar-refractivity contribution in [3.8, 4) is 10.6 Å². The van der Waals surface area contributed by atoms with Gasteiger partial charge in [-0.3, -0.25) is 4.98 Å². The van der Waals surface area contributed by atoms with Gasteiger partial charge in [0.05, 0.1) is 0 Å². The van der Waals surface area contributed by atoms with Crippen LogP contribution in [0.3, 0.4) is 0 Å². The average Bonchev–Trinajstić information content (AvgIpc) is 3.25. The van der Waals surface area contributed by atoms with Gasteiger partial charge in [0.15, 0.2) is 0 Å². The molecule has 0 amide bonds. The molecule has 118 valence electrons. The molecule has 1 aliphatic heterocycles. The summed E-state index contributed by atoms with van der Waals surface area (Å²) in [6.45, 7) is 1.84.